The molecule has 1 aromatic rings. The smallest absolute Gasteiger partial charge is 0.305 e. The number of rotatable bonds is 12. The fourth-order valence-corrected chi connectivity index (χ4v) is 5.36. The van der Waals surface area contributed by atoms with E-state index in [2.05, 4.69) is 0 Å². The van der Waals surface area contributed by atoms with Crippen molar-refractivity contribution in [1.82, 2.24) is 0 Å². The third-order valence-electron chi connectivity index (χ3n) is 7.21. The van der Waals surface area contributed by atoms with Gasteiger partial charge in [0.25, 0.3) is 0 Å². The molecule has 0 saturated carbocycles. The third kappa shape index (κ3) is 10.2. The summed E-state index contributed by atoms with van der Waals surface area (Å²) in [5, 5.41) is 0. The normalized spacial score (nSPS) is 31.3. The molecule has 0 amide bonds. The van der Waals surface area contributed by atoms with Gasteiger partial charge >= 0.3 is 29.8 Å². The van der Waals surface area contributed by atoms with Crippen molar-refractivity contribution in [3.63, 3.8) is 0 Å². The van der Waals surface area contributed by atoms with Crippen molar-refractivity contribution in [3.05, 3.63) is 35.9 Å². The summed E-state index contributed by atoms with van der Waals surface area (Å²) in [6.07, 6.45) is -10.1. The fourth-order valence-electron chi connectivity index (χ4n) is 5.36. The lowest BCUT2D eigenvalue weighted by Crippen LogP contribution is -2.65. The summed E-state index contributed by atoms with van der Waals surface area (Å²) in [5.74, 6) is -3.86. The van der Waals surface area contributed by atoms with E-state index < -0.39 is 91.1 Å². The Morgan fingerprint density at radius 3 is 1.76 bits per heavy atom. The molecule has 2 heterocycles. The van der Waals surface area contributed by atoms with Crippen LogP contribution in [0.15, 0.2) is 30.3 Å². The maximum Gasteiger partial charge on any atom is 0.305 e. The molecule has 0 spiro atoms. The molecular formula is C31H42O14. The van der Waals surface area contributed by atoms with Gasteiger partial charge in [-0.25, -0.2) is 0 Å². The molecule has 0 aromatic heterocycles. The van der Waals surface area contributed by atoms with Gasteiger partial charge in [-0.2, -0.15) is 0 Å². The van der Waals surface area contributed by atoms with Gasteiger partial charge in [-0.15, -0.1) is 0 Å². The molecule has 14 heteroatoms. The predicted octanol–water partition coefficient (Wildman–Crippen LogP) is 2.37. The molecule has 0 unspecified atom stereocenters. The Kier molecular flexibility index (Phi) is 13.3. The van der Waals surface area contributed by atoms with Crippen molar-refractivity contribution >= 4 is 29.8 Å². The number of benzene rings is 1. The number of ether oxygens (including phenoxy) is 9. The van der Waals surface area contributed by atoms with Crippen molar-refractivity contribution < 1.29 is 66.6 Å². The minimum absolute atomic E-state index is 0.0386. The molecule has 1 aromatic carbocycles. The second kappa shape index (κ2) is 16.6. The van der Waals surface area contributed by atoms with Gasteiger partial charge in [0.1, 0.15) is 24.9 Å². The zero-order valence-electron chi connectivity index (χ0n) is 26.5. The van der Waals surface area contributed by atoms with E-state index in [1.807, 2.05) is 37.3 Å². The second-order valence-electron chi connectivity index (χ2n) is 10.8. The average molecular weight is 639 g/mol. The van der Waals surface area contributed by atoms with Gasteiger partial charge in [0, 0.05) is 40.5 Å². The van der Waals surface area contributed by atoms with Crippen molar-refractivity contribution in [2.24, 2.45) is 5.92 Å². The van der Waals surface area contributed by atoms with Crippen LogP contribution in [0, 0.1) is 5.92 Å². The second-order valence-corrected chi connectivity index (χ2v) is 10.8. The molecule has 2 aliphatic rings. The first kappa shape index (κ1) is 35.9. The minimum atomic E-state index is -1.54. The van der Waals surface area contributed by atoms with Gasteiger partial charge in [0.05, 0.1) is 12.7 Å². The predicted molar refractivity (Wildman–Crippen MR) is 152 cm³/mol. The van der Waals surface area contributed by atoms with Crippen molar-refractivity contribution in [3.8, 4) is 0 Å². The van der Waals surface area contributed by atoms with Crippen LogP contribution in [0.3, 0.4) is 0 Å². The van der Waals surface area contributed by atoms with Crippen LogP contribution in [-0.4, -0.2) is 91.8 Å². The Morgan fingerprint density at radius 2 is 1.20 bits per heavy atom. The highest BCUT2D eigenvalue weighted by molar-refractivity contribution is 5.68. The Labute approximate surface area is 261 Å². The van der Waals surface area contributed by atoms with Crippen molar-refractivity contribution in [2.45, 2.75) is 117 Å². The molecule has 2 aliphatic heterocycles. The van der Waals surface area contributed by atoms with E-state index in [1.165, 1.54) is 27.7 Å². The van der Waals surface area contributed by atoms with Gasteiger partial charge in [-0.1, -0.05) is 44.2 Å². The van der Waals surface area contributed by atoms with Crippen LogP contribution in [0.4, 0.5) is 0 Å². The standard InChI is InChI=1S/C31H42O14/c1-8-23-16(2)25(39-18(4)33)28(30(43-23)42-21(7)36)45-31-29(41-20(6)35)27(40-19(5)34)26(24(44-31)15-37-17(3)32)38-14-22-12-10-9-11-13-22/h9-13,16,23-31H,8,14-15H2,1-7H3/t16-,23+,24-,25+,26-,27+,28+,29+,30+,31-/m1/s1. The summed E-state index contributed by atoms with van der Waals surface area (Å²) in [5.41, 5.74) is 0.778. The number of carbonyl (C=O) groups excluding carboxylic acids is 5. The maximum atomic E-state index is 12.4. The molecule has 0 N–H and O–H groups in total. The van der Waals surface area contributed by atoms with E-state index in [4.69, 9.17) is 42.6 Å². The summed E-state index contributed by atoms with van der Waals surface area (Å²) in [6.45, 7) is 9.25. The fraction of sp³-hybridized carbons (Fsp3) is 0.645. The van der Waals surface area contributed by atoms with Crippen LogP contribution in [-0.2, 0) is 73.2 Å². The molecule has 45 heavy (non-hydrogen) atoms. The monoisotopic (exact) mass is 638 g/mol. The number of esters is 5. The molecular weight excluding hydrogens is 596 g/mol. The quantitative estimate of drug-likeness (QED) is 0.242. The Bertz CT molecular complexity index is 1170. The molecule has 250 valence electrons. The van der Waals surface area contributed by atoms with Crippen LogP contribution >= 0.6 is 0 Å². The zero-order valence-corrected chi connectivity index (χ0v) is 26.5. The maximum absolute atomic E-state index is 12.4. The van der Waals surface area contributed by atoms with Crippen molar-refractivity contribution in [1.29, 1.82) is 0 Å². The van der Waals surface area contributed by atoms with Crippen LogP contribution in [0.2, 0.25) is 0 Å². The number of hydrogen-bond acceptors (Lipinski definition) is 14. The molecule has 2 fully saturated rings. The molecule has 14 nitrogen and oxygen atoms in total. The Hall–Kier alpha value is -3.59. The van der Waals surface area contributed by atoms with Crippen LogP contribution < -0.4 is 0 Å². The number of carbonyl (C=O) groups is 5. The van der Waals surface area contributed by atoms with E-state index in [0.717, 1.165) is 12.5 Å². The van der Waals surface area contributed by atoms with Gasteiger partial charge in [-0.05, 0) is 12.0 Å². The first-order chi connectivity index (χ1) is 21.3. The zero-order chi connectivity index (χ0) is 33.3. The topological polar surface area (TPSA) is 168 Å². The number of hydrogen-bond donors (Lipinski definition) is 0. The van der Waals surface area contributed by atoms with Crippen LogP contribution in [0.1, 0.15) is 60.5 Å². The van der Waals surface area contributed by atoms with Gasteiger partial charge in [-0.3, -0.25) is 24.0 Å². The van der Waals surface area contributed by atoms with Gasteiger partial charge in [0.2, 0.25) is 6.29 Å². The molecule has 2 saturated heterocycles. The lowest BCUT2D eigenvalue weighted by Gasteiger charge is -2.48. The first-order valence-corrected chi connectivity index (χ1v) is 14.7. The van der Waals surface area contributed by atoms with Crippen LogP contribution in [0.25, 0.3) is 0 Å². The Balaban J connectivity index is 2.06. The van der Waals surface area contributed by atoms with E-state index >= 15 is 0 Å². The SMILES string of the molecule is CC[C@@H]1O[C@H](OC(C)=O)[C@@H](O[C@H]2O[C@H](COC(C)=O)[C@@H](OCc3ccccc3)[C@H](OC(C)=O)[C@@H]2OC(C)=O)[C@@H](OC(C)=O)[C@@H]1C. The van der Waals surface area contributed by atoms with E-state index in [-0.39, 0.29) is 13.2 Å². The molecule has 10 atom stereocenters. The average Bonchev–Trinajstić information content (AvgIpc) is 2.95. The highest BCUT2D eigenvalue weighted by atomic mass is 16.8. The molecule has 0 radical (unpaired) electrons. The highest BCUT2D eigenvalue weighted by Crippen LogP contribution is 2.37. The van der Waals surface area contributed by atoms with Crippen LogP contribution in [0.5, 0.6) is 0 Å². The lowest BCUT2D eigenvalue weighted by molar-refractivity contribution is -0.360. The summed E-state index contributed by atoms with van der Waals surface area (Å²) < 4.78 is 52.4. The van der Waals surface area contributed by atoms with Crippen molar-refractivity contribution in [2.75, 3.05) is 6.61 Å². The summed E-state index contributed by atoms with van der Waals surface area (Å²) in [7, 11) is 0. The largest absolute Gasteiger partial charge is 0.463 e. The first-order valence-electron chi connectivity index (χ1n) is 14.7. The van der Waals surface area contributed by atoms with E-state index in [0.29, 0.717) is 6.42 Å². The van der Waals surface area contributed by atoms with Gasteiger partial charge in [0.15, 0.2) is 24.6 Å². The third-order valence-corrected chi connectivity index (χ3v) is 7.21. The van der Waals surface area contributed by atoms with Gasteiger partial charge < -0.3 is 42.6 Å². The van der Waals surface area contributed by atoms with E-state index in [1.54, 1.807) is 6.92 Å². The summed E-state index contributed by atoms with van der Waals surface area (Å²) in [6, 6.07) is 9.11. The highest BCUT2D eigenvalue weighted by Gasteiger charge is 2.55. The summed E-state index contributed by atoms with van der Waals surface area (Å²) in [4.78, 5) is 60.8. The Morgan fingerprint density at radius 1 is 0.644 bits per heavy atom. The van der Waals surface area contributed by atoms with E-state index in [9.17, 15) is 24.0 Å². The summed E-state index contributed by atoms with van der Waals surface area (Å²) >= 11 is 0. The minimum Gasteiger partial charge on any atom is -0.463 e. The molecule has 3 rings (SSSR count). The molecule has 0 bridgehead atoms. The molecule has 0 aliphatic carbocycles. The lowest BCUT2D eigenvalue weighted by atomic mass is 9.88.